The predicted octanol–water partition coefficient (Wildman–Crippen LogP) is 4.91. The third kappa shape index (κ3) is 4.14. The number of aromatic nitrogens is 1. The largest absolute Gasteiger partial charge is 0.377 e. The van der Waals surface area contributed by atoms with Gasteiger partial charge in [-0.1, -0.05) is 41.9 Å². The molecular weight excluding hydrogens is 397 g/mol. The Morgan fingerprint density at radius 1 is 1.23 bits per heavy atom. The highest BCUT2D eigenvalue weighted by molar-refractivity contribution is 7.93. The molecule has 0 saturated heterocycles. The van der Waals surface area contributed by atoms with Crippen LogP contribution in [0.5, 0.6) is 0 Å². The number of hydrogen-bond donors (Lipinski definition) is 2. The number of nitrogens with zero attached hydrogens (tertiary/aromatic N) is 1. The van der Waals surface area contributed by atoms with E-state index in [2.05, 4.69) is 15.0 Å². The highest BCUT2D eigenvalue weighted by Crippen LogP contribution is 2.31. The average Bonchev–Trinajstić information content (AvgIpc) is 3.10. The van der Waals surface area contributed by atoms with Gasteiger partial charge in [0.25, 0.3) is 10.0 Å². The summed E-state index contributed by atoms with van der Waals surface area (Å²) in [5.74, 6) is -0.902. The maximum atomic E-state index is 14.5. The van der Waals surface area contributed by atoms with Gasteiger partial charge in [-0.15, -0.1) is 11.3 Å². The van der Waals surface area contributed by atoms with Crippen molar-refractivity contribution < 1.29 is 12.8 Å². The highest BCUT2D eigenvalue weighted by atomic mass is 35.5. The molecule has 1 atom stereocenters. The first kappa shape index (κ1) is 18.6. The van der Waals surface area contributed by atoms with E-state index in [1.807, 2.05) is 37.3 Å². The Balaban J connectivity index is 1.86. The second kappa shape index (κ2) is 7.61. The minimum Gasteiger partial charge on any atom is -0.377 e. The summed E-state index contributed by atoms with van der Waals surface area (Å²) in [5.41, 5.74) is 1.31. The van der Waals surface area contributed by atoms with Gasteiger partial charge >= 0.3 is 0 Å². The Morgan fingerprint density at radius 3 is 2.62 bits per heavy atom. The Morgan fingerprint density at radius 2 is 1.96 bits per heavy atom. The summed E-state index contributed by atoms with van der Waals surface area (Å²) < 4.78 is 41.4. The molecule has 0 aliphatic rings. The van der Waals surface area contributed by atoms with Crippen molar-refractivity contribution in [3.8, 4) is 0 Å². The summed E-state index contributed by atoms with van der Waals surface area (Å²) in [6.45, 7) is 1.90. The molecule has 1 aromatic heterocycles. The number of anilines is 2. The third-order valence-electron chi connectivity index (χ3n) is 3.64. The van der Waals surface area contributed by atoms with Gasteiger partial charge in [0.15, 0.2) is 5.13 Å². The molecule has 2 N–H and O–H groups in total. The number of halogens is 2. The van der Waals surface area contributed by atoms with Crippen LogP contribution in [0.3, 0.4) is 0 Å². The van der Waals surface area contributed by atoms with E-state index in [1.54, 1.807) is 5.38 Å². The van der Waals surface area contributed by atoms with Crippen molar-refractivity contribution in [2.45, 2.75) is 17.9 Å². The van der Waals surface area contributed by atoms with Gasteiger partial charge in [-0.2, -0.15) is 0 Å². The van der Waals surface area contributed by atoms with Crippen molar-refractivity contribution in [2.75, 3.05) is 10.0 Å². The predicted molar refractivity (Wildman–Crippen MR) is 103 cm³/mol. The van der Waals surface area contributed by atoms with E-state index in [0.717, 1.165) is 29.0 Å². The minimum absolute atomic E-state index is 0.105. The van der Waals surface area contributed by atoms with Crippen molar-refractivity contribution in [1.82, 2.24) is 4.98 Å². The molecule has 0 aliphatic carbocycles. The second-order valence-electron chi connectivity index (χ2n) is 5.48. The Kier molecular flexibility index (Phi) is 5.45. The molecule has 0 saturated carbocycles. The number of benzene rings is 2. The van der Waals surface area contributed by atoms with Gasteiger partial charge in [-0.05, 0) is 24.6 Å². The normalized spacial score (nSPS) is 12.6. The van der Waals surface area contributed by atoms with Crippen molar-refractivity contribution in [3.05, 3.63) is 70.4 Å². The van der Waals surface area contributed by atoms with E-state index < -0.39 is 20.7 Å². The monoisotopic (exact) mass is 411 g/mol. The minimum atomic E-state index is -4.12. The number of nitrogens with one attached hydrogen (secondary N) is 2. The molecule has 3 aromatic rings. The first-order chi connectivity index (χ1) is 12.4. The summed E-state index contributed by atoms with van der Waals surface area (Å²) in [7, 11) is -4.12. The van der Waals surface area contributed by atoms with Gasteiger partial charge in [0.1, 0.15) is 10.7 Å². The van der Waals surface area contributed by atoms with Crippen LogP contribution in [0.15, 0.2) is 58.9 Å². The molecule has 0 spiro atoms. The summed E-state index contributed by atoms with van der Waals surface area (Å²) >= 11 is 7.28. The average molecular weight is 412 g/mol. The van der Waals surface area contributed by atoms with E-state index in [1.165, 1.54) is 6.20 Å². The van der Waals surface area contributed by atoms with Crippen molar-refractivity contribution >= 4 is 43.8 Å². The van der Waals surface area contributed by atoms with Crippen molar-refractivity contribution in [3.63, 3.8) is 0 Å². The molecule has 0 radical (unpaired) electrons. The number of rotatable bonds is 6. The van der Waals surface area contributed by atoms with Crippen LogP contribution in [0.1, 0.15) is 18.5 Å². The Labute approximate surface area is 159 Å². The first-order valence-electron chi connectivity index (χ1n) is 7.59. The summed E-state index contributed by atoms with van der Waals surface area (Å²) in [6, 6.07) is 11.6. The molecule has 0 unspecified atom stereocenters. The van der Waals surface area contributed by atoms with Crippen LogP contribution < -0.4 is 10.0 Å². The number of hydrogen-bond acceptors (Lipinski definition) is 5. The third-order valence-corrected chi connectivity index (χ3v) is 6.12. The van der Waals surface area contributed by atoms with Crippen LogP contribution >= 0.6 is 22.9 Å². The quantitative estimate of drug-likeness (QED) is 0.604. The molecule has 0 bridgehead atoms. The molecule has 0 fully saturated rings. The van der Waals surface area contributed by atoms with E-state index in [9.17, 15) is 12.8 Å². The molecule has 26 heavy (non-hydrogen) atoms. The van der Waals surface area contributed by atoms with Gasteiger partial charge in [-0.25, -0.2) is 17.8 Å². The lowest BCUT2D eigenvalue weighted by Gasteiger charge is -2.18. The lowest BCUT2D eigenvalue weighted by atomic mass is 10.1. The van der Waals surface area contributed by atoms with Crippen molar-refractivity contribution in [2.24, 2.45) is 0 Å². The van der Waals surface area contributed by atoms with Crippen LogP contribution in [0.2, 0.25) is 5.02 Å². The molecule has 136 valence electrons. The summed E-state index contributed by atoms with van der Waals surface area (Å²) in [4.78, 5) is 3.30. The zero-order valence-electron chi connectivity index (χ0n) is 13.6. The van der Waals surface area contributed by atoms with E-state index in [-0.39, 0.29) is 16.2 Å². The van der Waals surface area contributed by atoms with Crippen LogP contribution in [-0.4, -0.2) is 13.4 Å². The zero-order chi connectivity index (χ0) is 18.7. The smallest absolute Gasteiger partial charge is 0.266 e. The van der Waals surface area contributed by atoms with E-state index in [4.69, 9.17) is 11.6 Å². The van der Waals surface area contributed by atoms with Crippen LogP contribution in [0.25, 0.3) is 0 Å². The van der Waals surface area contributed by atoms with Crippen LogP contribution in [0.4, 0.5) is 15.2 Å². The van der Waals surface area contributed by atoms with Crippen LogP contribution in [-0.2, 0) is 10.0 Å². The van der Waals surface area contributed by atoms with Crippen LogP contribution in [0, 0.1) is 5.82 Å². The molecule has 5 nitrogen and oxygen atoms in total. The molecule has 9 heteroatoms. The van der Waals surface area contributed by atoms with E-state index in [0.29, 0.717) is 5.69 Å². The molecular formula is C17H15ClFN3O2S2. The van der Waals surface area contributed by atoms with Gasteiger partial charge in [0.2, 0.25) is 0 Å². The topological polar surface area (TPSA) is 71.1 Å². The lowest BCUT2D eigenvalue weighted by molar-refractivity contribution is 0.570. The number of sulfonamides is 1. The fourth-order valence-corrected chi connectivity index (χ4v) is 4.51. The summed E-state index contributed by atoms with van der Waals surface area (Å²) in [5, 5.41) is 4.96. The second-order valence-corrected chi connectivity index (χ2v) is 8.43. The molecule has 0 amide bonds. The van der Waals surface area contributed by atoms with E-state index >= 15 is 0 Å². The zero-order valence-corrected chi connectivity index (χ0v) is 16.0. The number of thiazole rings is 1. The standard InChI is InChI=1S/C17H15ClFN3O2S2/c1-11(12-5-3-2-4-6-12)21-15-10-14(19)16(9-13(15)18)26(23,24)22-17-20-7-8-25-17/h2-11,21H,1H3,(H,20,22)/t11-/m0/s1. The lowest BCUT2D eigenvalue weighted by Crippen LogP contribution is -2.15. The fourth-order valence-electron chi connectivity index (χ4n) is 2.35. The summed E-state index contributed by atoms with van der Waals surface area (Å²) in [6.07, 6.45) is 1.45. The Hall–Kier alpha value is -2.16. The Bertz CT molecular complexity index is 996. The first-order valence-corrected chi connectivity index (χ1v) is 10.3. The molecule has 0 aliphatic heterocycles. The maximum absolute atomic E-state index is 14.5. The molecule has 2 aromatic carbocycles. The fraction of sp³-hybridized carbons (Fsp3) is 0.118. The van der Waals surface area contributed by atoms with Gasteiger partial charge in [0.05, 0.1) is 10.7 Å². The van der Waals surface area contributed by atoms with Gasteiger partial charge in [-0.3, -0.25) is 4.72 Å². The maximum Gasteiger partial charge on any atom is 0.266 e. The SMILES string of the molecule is C[C@H](Nc1cc(F)c(S(=O)(=O)Nc2nccs2)cc1Cl)c1ccccc1. The highest BCUT2D eigenvalue weighted by Gasteiger charge is 2.23. The molecule has 3 rings (SSSR count). The van der Waals surface area contributed by atoms with Gasteiger partial charge in [0, 0.05) is 17.6 Å². The molecule has 1 heterocycles. The van der Waals surface area contributed by atoms with Crippen molar-refractivity contribution in [1.29, 1.82) is 0 Å². The van der Waals surface area contributed by atoms with Gasteiger partial charge < -0.3 is 5.32 Å².